The summed E-state index contributed by atoms with van der Waals surface area (Å²) in [5, 5.41) is 3.58. The monoisotopic (exact) mass is 358 g/mol. The molecule has 1 fully saturated rings. The number of methoxy groups -OCH3 is 2. The molecule has 136 valence electrons. The minimum absolute atomic E-state index is 0. The zero-order chi connectivity index (χ0) is 16.7. The minimum atomic E-state index is -0.544. The molecule has 1 aromatic carbocycles. The first-order chi connectivity index (χ1) is 11.1. The molecule has 0 radical (unpaired) electrons. The van der Waals surface area contributed by atoms with Crippen molar-refractivity contribution < 1.29 is 19.0 Å². The largest absolute Gasteiger partial charge is 0.493 e. The van der Waals surface area contributed by atoms with E-state index in [-0.39, 0.29) is 19.0 Å². The van der Waals surface area contributed by atoms with Crippen LogP contribution in [-0.2, 0) is 11.3 Å². The minimum Gasteiger partial charge on any atom is -0.493 e. The molecule has 0 saturated heterocycles. The number of nitrogens with two attached hydrogens (primary N) is 1. The Labute approximate surface area is 149 Å². The lowest BCUT2D eigenvalue weighted by atomic mass is 9.95. The number of nitrogens with one attached hydrogen (secondary N) is 1. The number of hydrogen-bond acceptors (Lipinski definition) is 5. The standard InChI is InChI=1S/C17H26N2O4.ClH/c1-21-14-8-12(10-19-13-6-4-3-5-7-13)9-15(22-2)17(14)23-11-16(18)20;/h8-9,13,19H,3-7,10-11H2,1-2H3,(H2,18,20);1H. The molecular formula is C17H27ClN2O4. The van der Waals surface area contributed by atoms with E-state index >= 15 is 0 Å². The van der Waals surface area contributed by atoms with E-state index in [9.17, 15) is 4.79 Å². The quantitative estimate of drug-likeness (QED) is 0.745. The molecule has 1 aliphatic carbocycles. The van der Waals surface area contributed by atoms with Gasteiger partial charge in [-0.1, -0.05) is 19.3 Å². The molecule has 7 heteroatoms. The summed E-state index contributed by atoms with van der Waals surface area (Å²) in [4.78, 5) is 10.9. The van der Waals surface area contributed by atoms with Crippen LogP contribution in [0, 0.1) is 0 Å². The molecule has 0 bridgehead atoms. The maximum Gasteiger partial charge on any atom is 0.255 e. The normalized spacial score (nSPS) is 14.6. The molecule has 0 atom stereocenters. The number of carbonyl (C=O) groups is 1. The molecule has 1 aromatic rings. The maximum atomic E-state index is 10.9. The van der Waals surface area contributed by atoms with Crippen LogP contribution in [0.2, 0.25) is 0 Å². The van der Waals surface area contributed by atoms with Gasteiger partial charge in [-0.2, -0.15) is 0 Å². The second kappa shape index (κ2) is 10.3. The molecule has 3 N–H and O–H groups in total. The van der Waals surface area contributed by atoms with Gasteiger partial charge in [0.2, 0.25) is 5.75 Å². The van der Waals surface area contributed by atoms with E-state index < -0.39 is 5.91 Å². The summed E-state index contributed by atoms with van der Waals surface area (Å²) in [5.41, 5.74) is 6.18. The molecule has 0 heterocycles. The summed E-state index contributed by atoms with van der Waals surface area (Å²) in [7, 11) is 3.12. The Bertz CT molecular complexity index is 508. The van der Waals surface area contributed by atoms with Crippen LogP contribution in [0.4, 0.5) is 0 Å². The van der Waals surface area contributed by atoms with E-state index in [1.165, 1.54) is 32.1 Å². The summed E-state index contributed by atoms with van der Waals surface area (Å²) < 4.78 is 16.2. The number of ether oxygens (including phenoxy) is 3. The summed E-state index contributed by atoms with van der Waals surface area (Å²) in [6.07, 6.45) is 6.39. The highest BCUT2D eigenvalue weighted by molar-refractivity contribution is 5.85. The molecule has 24 heavy (non-hydrogen) atoms. The average Bonchev–Trinajstić information content (AvgIpc) is 2.58. The van der Waals surface area contributed by atoms with E-state index in [2.05, 4.69) is 5.32 Å². The smallest absolute Gasteiger partial charge is 0.255 e. The lowest BCUT2D eigenvalue weighted by Crippen LogP contribution is -2.30. The third-order valence-corrected chi connectivity index (χ3v) is 4.08. The van der Waals surface area contributed by atoms with E-state index in [1.807, 2.05) is 12.1 Å². The van der Waals surface area contributed by atoms with Crippen molar-refractivity contribution in [3.63, 3.8) is 0 Å². The van der Waals surface area contributed by atoms with E-state index in [0.717, 1.165) is 12.1 Å². The average molecular weight is 359 g/mol. The van der Waals surface area contributed by atoms with Gasteiger partial charge in [0, 0.05) is 12.6 Å². The van der Waals surface area contributed by atoms with Gasteiger partial charge in [0.15, 0.2) is 18.1 Å². The Hall–Kier alpha value is -1.66. The number of amides is 1. The van der Waals surface area contributed by atoms with Crippen LogP contribution in [-0.4, -0.2) is 32.8 Å². The maximum absolute atomic E-state index is 10.9. The van der Waals surface area contributed by atoms with Gasteiger partial charge in [-0.25, -0.2) is 0 Å². The summed E-state index contributed by atoms with van der Waals surface area (Å²) in [6, 6.07) is 4.37. The lowest BCUT2D eigenvalue weighted by molar-refractivity contribution is -0.119. The fourth-order valence-electron chi connectivity index (χ4n) is 2.89. The van der Waals surface area contributed by atoms with Crippen molar-refractivity contribution in [2.24, 2.45) is 5.73 Å². The molecule has 0 unspecified atom stereocenters. The van der Waals surface area contributed by atoms with Crippen LogP contribution in [0.25, 0.3) is 0 Å². The zero-order valence-corrected chi connectivity index (χ0v) is 15.1. The van der Waals surface area contributed by atoms with Crippen LogP contribution >= 0.6 is 12.4 Å². The van der Waals surface area contributed by atoms with Gasteiger partial charge in [-0.05, 0) is 30.5 Å². The molecule has 0 spiro atoms. The van der Waals surface area contributed by atoms with Crippen molar-refractivity contribution in [1.82, 2.24) is 5.32 Å². The van der Waals surface area contributed by atoms with Crippen LogP contribution in [0.1, 0.15) is 37.7 Å². The van der Waals surface area contributed by atoms with Crippen molar-refractivity contribution in [2.45, 2.75) is 44.7 Å². The SMILES string of the molecule is COc1cc(CNC2CCCCC2)cc(OC)c1OCC(N)=O.Cl. The highest BCUT2D eigenvalue weighted by Crippen LogP contribution is 2.38. The van der Waals surface area contributed by atoms with Crippen molar-refractivity contribution in [1.29, 1.82) is 0 Å². The highest BCUT2D eigenvalue weighted by atomic mass is 35.5. The van der Waals surface area contributed by atoms with Crippen molar-refractivity contribution in [2.75, 3.05) is 20.8 Å². The molecule has 2 rings (SSSR count). The zero-order valence-electron chi connectivity index (χ0n) is 14.3. The summed E-state index contributed by atoms with van der Waals surface area (Å²) in [5.74, 6) is 0.921. The molecule has 0 aliphatic heterocycles. The first-order valence-electron chi connectivity index (χ1n) is 8.03. The molecule has 1 aliphatic rings. The molecule has 0 aromatic heterocycles. The number of benzene rings is 1. The van der Waals surface area contributed by atoms with Gasteiger partial charge in [0.25, 0.3) is 5.91 Å². The number of primary amides is 1. The Balaban J connectivity index is 0.00000288. The summed E-state index contributed by atoms with van der Waals surface area (Å²) >= 11 is 0. The number of rotatable bonds is 8. The second-order valence-electron chi connectivity index (χ2n) is 5.80. The first-order valence-corrected chi connectivity index (χ1v) is 8.03. The van der Waals surface area contributed by atoms with Gasteiger partial charge >= 0.3 is 0 Å². The Morgan fingerprint density at radius 1 is 1.17 bits per heavy atom. The first kappa shape index (κ1) is 20.4. The topological polar surface area (TPSA) is 82.8 Å². The highest BCUT2D eigenvalue weighted by Gasteiger charge is 2.17. The third kappa shape index (κ3) is 5.76. The van der Waals surface area contributed by atoms with Gasteiger partial charge in [0.05, 0.1) is 14.2 Å². The lowest BCUT2D eigenvalue weighted by Gasteiger charge is -2.23. The third-order valence-electron chi connectivity index (χ3n) is 4.08. The predicted molar refractivity (Wildman–Crippen MR) is 95.2 cm³/mol. The van der Waals surface area contributed by atoms with Gasteiger partial charge in [-0.3, -0.25) is 4.79 Å². The molecule has 6 nitrogen and oxygen atoms in total. The Morgan fingerprint density at radius 2 is 1.75 bits per heavy atom. The van der Waals surface area contributed by atoms with Gasteiger partial charge < -0.3 is 25.3 Å². The van der Waals surface area contributed by atoms with Crippen molar-refractivity contribution in [3.05, 3.63) is 17.7 Å². The predicted octanol–water partition coefficient (Wildman–Crippen LogP) is 2.41. The molecule has 1 saturated carbocycles. The second-order valence-corrected chi connectivity index (χ2v) is 5.80. The van der Waals surface area contributed by atoms with Crippen LogP contribution < -0.4 is 25.3 Å². The van der Waals surface area contributed by atoms with E-state index in [0.29, 0.717) is 23.3 Å². The van der Waals surface area contributed by atoms with Crippen LogP contribution in [0.3, 0.4) is 0 Å². The van der Waals surface area contributed by atoms with Gasteiger partial charge in [-0.15, -0.1) is 12.4 Å². The number of hydrogen-bond donors (Lipinski definition) is 2. The van der Waals surface area contributed by atoms with Crippen LogP contribution in [0.15, 0.2) is 12.1 Å². The molecule has 1 amide bonds. The van der Waals surface area contributed by atoms with Gasteiger partial charge in [0.1, 0.15) is 0 Å². The van der Waals surface area contributed by atoms with E-state index in [1.54, 1.807) is 14.2 Å². The van der Waals surface area contributed by atoms with Crippen molar-refractivity contribution in [3.8, 4) is 17.2 Å². The fraction of sp³-hybridized carbons (Fsp3) is 0.588. The van der Waals surface area contributed by atoms with E-state index in [4.69, 9.17) is 19.9 Å². The molecular weight excluding hydrogens is 332 g/mol. The van der Waals surface area contributed by atoms with Crippen LogP contribution in [0.5, 0.6) is 17.2 Å². The number of halogens is 1. The number of carbonyl (C=O) groups excluding carboxylic acids is 1. The van der Waals surface area contributed by atoms with Crippen molar-refractivity contribution >= 4 is 18.3 Å². The Morgan fingerprint density at radius 3 is 2.25 bits per heavy atom. The fourth-order valence-corrected chi connectivity index (χ4v) is 2.89. The summed E-state index contributed by atoms with van der Waals surface area (Å²) in [6.45, 7) is 0.528. The Kier molecular flexibility index (Phi) is 8.71.